The number of hydrogen-bond acceptors (Lipinski definition) is 3. The second-order valence-corrected chi connectivity index (χ2v) is 2.91. The van der Waals surface area contributed by atoms with E-state index in [0.29, 0.717) is 17.3 Å². The van der Waals surface area contributed by atoms with E-state index in [0.717, 1.165) is 11.3 Å². The Kier molecular flexibility index (Phi) is 1.83. The summed E-state index contributed by atoms with van der Waals surface area (Å²) in [6.07, 6.45) is 0. The van der Waals surface area contributed by atoms with Crippen LogP contribution in [0.25, 0.3) is 0 Å². The van der Waals surface area contributed by atoms with E-state index in [9.17, 15) is 0 Å². The second kappa shape index (κ2) is 2.84. The van der Waals surface area contributed by atoms with Gasteiger partial charge in [0.05, 0.1) is 0 Å². The predicted molar refractivity (Wildman–Crippen MR) is 45.5 cm³/mol. The molecule has 0 bridgehead atoms. The quantitative estimate of drug-likeness (QED) is 0.722. The number of halogens is 1. The summed E-state index contributed by atoms with van der Waals surface area (Å²) in [5.74, 6) is 1.41. The van der Waals surface area contributed by atoms with Gasteiger partial charge in [-0.05, 0) is 11.6 Å². The van der Waals surface area contributed by atoms with Crippen LogP contribution in [0.5, 0.6) is 11.5 Å². The Morgan fingerprint density at radius 1 is 1.33 bits per heavy atom. The molecule has 1 aliphatic rings. The maximum Gasteiger partial charge on any atom is 0.231 e. The fourth-order valence-electron chi connectivity index (χ4n) is 1.12. The molecule has 0 aromatic heterocycles. The fourth-order valence-corrected chi connectivity index (χ4v) is 1.35. The molecule has 0 fully saturated rings. The van der Waals surface area contributed by atoms with Crippen LogP contribution in [0.3, 0.4) is 0 Å². The summed E-state index contributed by atoms with van der Waals surface area (Å²) in [7, 11) is 0. The molecule has 0 radical (unpaired) electrons. The van der Waals surface area contributed by atoms with Crippen LogP contribution < -0.4 is 15.2 Å². The van der Waals surface area contributed by atoms with Crippen molar-refractivity contribution >= 4 is 11.6 Å². The molecule has 0 atom stereocenters. The lowest BCUT2D eigenvalue weighted by atomic mass is 10.2. The molecule has 0 aliphatic carbocycles. The molecule has 0 spiro atoms. The van der Waals surface area contributed by atoms with Crippen molar-refractivity contribution in [3.05, 3.63) is 22.7 Å². The molecule has 1 aliphatic heterocycles. The van der Waals surface area contributed by atoms with Gasteiger partial charge in [0.15, 0.2) is 11.5 Å². The number of fused-ring (bicyclic) bond motifs is 1. The lowest BCUT2D eigenvalue weighted by Gasteiger charge is -2.02. The first-order valence-corrected chi connectivity index (χ1v) is 3.97. The monoisotopic (exact) mass is 185 g/mol. The van der Waals surface area contributed by atoms with Gasteiger partial charge in [0.25, 0.3) is 0 Å². The Balaban J connectivity index is 2.49. The molecule has 4 heteroatoms. The van der Waals surface area contributed by atoms with Crippen molar-refractivity contribution in [1.82, 2.24) is 0 Å². The van der Waals surface area contributed by atoms with Gasteiger partial charge in [-0.1, -0.05) is 11.6 Å². The zero-order valence-corrected chi connectivity index (χ0v) is 7.10. The van der Waals surface area contributed by atoms with Crippen molar-refractivity contribution in [3.8, 4) is 11.5 Å². The van der Waals surface area contributed by atoms with E-state index in [1.54, 1.807) is 6.07 Å². The van der Waals surface area contributed by atoms with Crippen LogP contribution >= 0.6 is 11.6 Å². The minimum absolute atomic E-state index is 0.264. The van der Waals surface area contributed by atoms with Gasteiger partial charge in [-0.2, -0.15) is 0 Å². The molecule has 0 saturated carbocycles. The van der Waals surface area contributed by atoms with E-state index in [1.807, 2.05) is 6.07 Å². The van der Waals surface area contributed by atoms with Crippen molar-refractivity contribution < 1.29 is 9.47 Å². The Bertz CT molecular complexity index is 313. The minimum atomic E-state index is 0.264. The van der Waals surface area contributed by atoms with E-state index in [2.05, 4.69) is 0 Å². The lowest BCUT2D eigenvalue weighted by molar-refractivity contribution is 0.174. The third-order valence-corrected chi connectivity index (χ3v) is 2.11. The van der Waals surface area contributed by atoms with Crippen molar-refractivity contribution in [2.24, 2.45) is 5.73 Å². The van der Waals surface area contributed by atoms with E-state index in [4.69, 9.17) is 26.8 Å². The SMILES string of the molecule is NCc1cc2c(cc1Cl)OCO2. The standard InChI is InChI=1S/C8H8ClNO2/c9-6-2-8-7(11-4-12-8)1-5(6)3-10/h1-2H,3-4,10H2. The summed E-state index contributed by atoms with van der Waals surface area (Å²) in [6.45, 7) is 0.676. The molecule has 2 N–H and O–H groups in total. The maximum atomic E-state index is 5.89. The Hall–Kier alpha value is -0.930. The highest BCUT2D eigenvalue weighted by atomic mass is 35.5. The average molecular weight is 186 g/mol. The normalized spacial score (nSPS) is 13.5. The van der Waals surface area contributed by atoms with Crippen LogP contribution in [0.1, 0.15) is 5.56 Å². The lowest BCUT2D eigenvalue weighted by Crippen LogP contribution is -1.96. The highest BCUT2D eigenvalue weighted by molar-refractivity contribution is 6.31. The predicted octanol–water partition coefficient (Wildman–Crippen LogP) is 1.53. The van der Waals surface area contributed by atoms with Gasteiger partial charge in [-0.3, -0.25) is 0 Å². The molecular weight excluding hydrogens is 178 g/mol. The van der Waals surface area contributed by atoms with Crippen LogP contribution in [0, 0.1) is 0 Å². The van der Waals surface area contributed by atoms with Gasteiger partial charge in [0.1, 0.15) is 0 Å². The average Bonchev–Trinajstić information content (AvgIpc) is 2.49. The maximum absolute atomic E-state index is 5.89. The summed E-state index contributed by atoms with van der Waals surface area (Å²) in [5, 5.41) is 0.627. The minimum Gasteiger partial charge on any atom is -0.454 e. The number of nitrogens with two attached hydrogens (primary N) is 1. The molecule has 12 heavy (non-hydrogen) atoms. The first-order chi connectivity index (χ1) is 5.81. The Morgan fingerprint density at radius 2 is 2.00 bits per heavy atom. The molecule has 2 rings (SSSR count). The van der Waals surface area contributed by atoms with Crippen molar-refractivity contribution in [2.45, 2.75) is 6.54 Å². The first-order valence-electron chi connectivity index (χ1n) is 3.59. The molecular formula is C8H8ClNO2. The molecule has 1 heterocycles. The fraction of sp³-hybridized carbons (Fsp3) is 0.250. The molecule has 64 valence electrons. The smallest absolute Gasteiger partial charge is 0.231 e. The van der Waals surface area contributed by atoms with Crippen molar-refractivity contribution in [2.75, 3.05) is 6.79 Å². The van der Waals surface area contributed by atoms with Gasteiger partial charge in [-0.25, -0.2) is 0 Å². The largest absolute Gasteiger partial charge is 0.454 e. The molecule has 3 nitrogen and oxygen atoms in total. The van der Waals surface area contributed by atoms with E-state index >= 15 is 0 Å². The number of rotatable bonds is 1. The Labute approximate surface area is 75.0 Å². The van der Waals surface area contributed by atoms with Gasteiger partial charge >= 0.3 is 0 Å². The van der Waals surface area contributed by atoms with Crippen LogP contribution in [0.15, 0.2) is 12.1 Å². The first kappa shape index (κ1) is 7.71. The zero-order valence-electron chi connectivity index (χ0n) is 6.34. The van der Waals surface area contributed by atoms with Crippen molar-refractivity contribution in [3.63, 3.8) is 0 Å². The van der Waals surface area contributed by atoms with E-state index in [-0.39, 0.29) is 6.79 Å². The topological polar surface area (TPSA) is 44.5 Å². The number of ether oxygens (including phenoxy) is 2. The van der Waals surface area contributed by atoms with Gasteiger partial charge in [0, 0.05) is 17.6 Å². The van der Waals surface area contributed by atoms with Crippen LogP contribution in [0.4, 0.5) is 0 Å². The molecule has 0 amide bonds. The molecule has 1 aromatic carbocycles. The van der Waals surface area contributed by atoms with E-state index in [1.165, 1.54) is 0 Å². The number of benzene rings is 1. The van der Waals surface area contributed by atoms with Crippen LogP contribution in [-0.4, -0.2) is 6.79 Å². The summed E-state index contributed by atoms with van der Waals surface area (Å²) >= 11 is 5.89. The third kappa shape index (κ3) is 1.11. The summed E-state index contributed by atoms with van der Waals surface area (Å²) in [6, 6.07) is 3.54. The third-order valence-electron chi connectivity index (χ3n) is 1.76. The van der Waals surface area contributed by atoms with Gasteiger partial charge in [0.2, 0.25) is 6.79 Å². The molecule has 1 aromatic rings. The zero-order chi connectivity index (χ0) is 8.55. The highest BCUT2D eigenvalue weighted by Gasteiger charge is 2.15. The van der Waals surface area contributed by atoms with Gasteiger partial charge in [-0.15, -0.1) is 0 Å². The molecule has 0 saturated heterocycles. The summed E-state index contributed by atoms with van der Waals surface area (Å²) in [5.41, 5.74) is 6.34. The second-order valence-electron chi connectivity index (χ2n) is 2.50. The highest BCUT2D eigenvalue weighted by Crippen LogP contribution is 2.36. The summed E-state index contributed by atoms with van der Waals surface area (Å²) in [4.78, 5) is 0. The van der Waals surface area contributed by atoms with Crippen LogP contribution in [0.2, 0.25) is 5.02 Å². The van der Waals surface area contributed by atoms with E-state index < -0.39 is 0 Å². The summed E-state index contributed by atoms with van der Waals surface area (Å²) < 4.78 is 10.3. The van der Waals surface area contributed by atoms with Crippen LogP contribution in [-0.2, 0) is 6.54 Å². The number of hydrogen-bond donors (Lipinski definition) is 1. The molecule has 0 unspecified atom stereocenters. The Morgan fingerprint density at radius 3 is 2.67 bits per heavy atom. The van der Waals surface area contributed by atoms with Gasteiger partial charge < -0.3 is 15.2 Å². The van der Waals surface area contributed by atoms with Crippen molar-refractivity contribution in [1.29, 1.82) is 0 Å².